The highest BCUT2D eigenvalue weighted by atomic mass is 35.5. The summed E-state index contributed by atoms with van der Waals surface area (Å²) in [6, 6.07) is 5.48. The third-order valence-corrected chi connectivity index (χ3v) is 6.22. The first-order chi connectivity index (χ1) is 12.9. The van der Waals surface area contributed by atoms with Crippen LogP contribution in [0.25, 0.3) is 0 Å². The SMILES string of the molecule is CCOC(=O)N1c2cc(C)c(C)cc2N(C(=O)c2sccc2Cl)CC1CC. The van der Waals surface area contributed by atoms with Crippen LogP contribution in [0.2, 0.25) is 5.02 Å². The van der Waals surface area contributed by atoms with E-state index in [0.29, 0.717) is 40.8 Å². The Labute approximate surface area is 168 Å². The molecule has 0 fully saturated rings. The molecule has 7 heteroatoms. The van der Waals surface area contributed by atoms with Gasteiger partial charge in [0.25, 0.3) is 5.91 Å². The Balaban J connectivity index is 2.14. The number of benzene rings is 1. The van der Waals surface area contributed by atoms with Gasteiger partial charge in [-0.3, -0.25) is 9.69 Å². The Bertz CT molecular complexity index is 880. The molecular formula is C20H23ClN2O3S. The number of thiophene rings is 1. The maximum absolute atomic E-state index is 13.2. The van der Waals surface area contributed by atoms with Gasteiger partial charge in [0.2, 0.25) is 0 Å². The molecule has 1 unspecified atom stereocenters. The standard InChI is InChI=1S/C20H23ClN2O3S/c1-5-14-11-22(19(24)18-15(21)7-8-27-18)16-9-12(3)13(4)10-17(16)23(14)20(25)26-6-2/h7-10,14H,5-6,11H2,1-4H3. The molecule has 0 radical (unpaired) electrons. The lowest BCUT2D eigenvalue weighted by atomic mass is 10.0. The fourth-order valence-electron chi connectivity index (χ4n) is 3.30. The number of hydrogen-bond acceptors (Lipinski definition) is 4. The molecule has 2 heterocycles. The van der Waals surface area contributed by atoms with E-state index >= 15 is 0 Å². The van der Waals surface area contributed by atoms with Crippen LogP contribution in [-0.2, 0) is 4.74 Å². The molecule has 0 aliphatic carbocycles. The summed E-state index contributed by atoms with van der Waals surface area (Å²) in [6.45, 7) is 8.49. The second kappa shape index (κ2) is 7.90. The summed E-state index contributed by atoms with van der Waals surface area (Å²) >= 11 is 7.54. The van der Waals surface area contributed by atoms with Crippen molar-refractivity contribution in [3.63, 3.8) is 0 Å². The highest BCUT2D eigenvalue weighted by molar-refractivity contribution is 7.12. The Hall–Kier alpha value is -2.05. The third kappa shape index (κ3) is 3.56. The van der Waals surface area contributed by atoms with E-state index in [0.717, 1.165) is 11.1 Å². The number of carbonyl (C=O) groups is 2. The molecule has 27 heavy (non-hydrogen) atoms. The zero-order valence-corrected chi connectivity index (χ0v) is 17.5. The Morgan fingerprint density at radius 3 is 2.44 bits per heavy atom. The Kier molecular flexibility index (Phi) is 5.77. The molecule has 1 atom stereocenters. The van der Waals surface area contributed by atoms with Gasteiger partial charge < -0.3 is 9.64 Å². The van der Waals surface area contributed by atoms with Gasteiger partial charge in [-0.05, 0) is 61.9 Å². The minimum Gasteiger partial charge on any atom is -0.449 e. The number of anilines is 2. The molecule has 0 saturated carbocycles. The summed E-state index contributed by atoms with van der Waals surface area (Å²) in [6.07, 6.45) is 0.322. The molecule has 0 bridgehead atoms. The van der Waals surface area contributed by atoms with Crippen molar-refractivity contribution in [2.45, 2.75) is 40.2 Å². The van der Waals surface area contributed by atoms with E-state index in [1.165, 1.54) is 11.3 Å². The molecule has 2 aromatic rings. The van der Waals surface area contributed by atoms with Gasteiger partial charge in [0.05, 0.1) is 29.0 Å². The van der Waals surface area contributed by atoms with Gasteiger partial charge in [0.1, 0.15) is 4.88 Å². The molecular weight excluding hydrogens is 384 g/mol. The van der Waals surface area contributed by atoms with Crippen LogP contribution in [0.3, 0.4) is 0 Å². The average molecular weight is 407 g/mol. The van der Waals surface area contributed by atoms with E-state index in [1.54, 1.807) is 22.8 Å². The number of rotatable bonds is 3. The molecule has 2 amide bonds. The van der Waals surface area contributed by atoms with E-state index < -0.39 is 0 Å². The lowest BCUT2D eigenvalue weighted by molar-refractivity contribution is 0.0985. The van der Waals surface area contributed by atoms with Crippen molar-refractivity contribution in [1.29, 1.82) is 0 Å². The Morgan fingerprint density at radius 2 is 1.89 bits per heavy atom. The van der Waals surface area contributed by atoms with Crippen LogP contribution in [0.5, 0.6) is 0 Å². The smallest absolute Gasteiger partial charge is 0.414 e. The largest absolute Gasteiger partial charge is 0.449 e. The minimum absolute atomic E-state index is 0.138. The van der Waals surface area contributed by atoms with E-state index in [9.17, 15) is 9.59 Å². The number of fused-ring (bicyclic) bond motifs is 1. The van der Waals surface area contributed by atoms with Crippen LogP contribution in [0.1, 0.15) is 41.1 Å². The fraction of sp³-hybridized carbons (Fsp3) is 0.400. The maximum atomic E-state index is 13.2. The number of ether oxygens (including phenoxy) is 1. The molecule has 1 aromatic heterocycles. The summed E-state index contributed by atoms with van der Waals surface area (Å²) in [5.41, 5.74) is 3.53. The number of aryl methyl sites for hydroxylation is 2. The van der Waals surface area contributed by atoms with Gasteiger partial charge in [-0.25, -0.2) is 4.79 Å². The normalized spacial score (nSPS) is 16.3. The predicted octanol–water partition coefficient (Wildman–Crippen LogP) is 5.42. The predicted molar refractivity (Wildman–Crippen MR) is 111 cm³/mol. The van der Waals surface area contributed by atoms with Gasteiger partial charge in [0.15, 0.2) is 0 Å². The molecule has 5 nitrogen and oxygen atoms in total. The van der Waals surface area contributed by atoms with E-state index in [2.05, 4.69) is 0 Å². The topological polar surface area (TPSA) is 49.9 Å². The second-order valence-electron chi connectivity index (χ2n) is 6.57. The van der Waals surface area contributed by atoms with E-state index in [-0.39, 0.29) is 18.0 Å². The van der Waals surface area contributed by atoms with Crippen molar-refractivity contribution >= 4 is 46.3 Å². The molecule has 3 rings (SSSR count). The fourth-order valence-corrected chi connectivity index (χ4v) is 4.38. The first-order valence-corrected chi connectivity index (χ1v) is 10.3. The second-order valence-corrected chi connectivity index (χ2v) is 7.89. The first kappa shape index (κ1) is 19.7. The summed E-state index contributed by atoms with van der Waals surface area (Å²) in [7, 11) is 0. The van der Waals surface area contributed by atoms with Crippen LogP contribution in [-0.4, -0.2) is 31.2 Å². The highest BCUT2D eigenvalue weighted by Gasteiger charge is 2.38. The molecule has 144 valence electrons. The zero-order chi connectivity index (χ0) is 19.7. The summed E-state index contributed by atoms with van der Waals surface area (Å²) < 4.78 is 5.29. The van der Waals surface area contributed by atoms with Crippen molar-refractivity contribution < 1.29 is 14.3 Å². The van der Waals surface area contributed by atoms with Gasteiger partial charge in [-0.15, -0.1) is 11.3 Å². The lowest BCUT2D eigenvalue weighted by Gasteiger charge is -2.42. The number of amides is 2. The van der Waals surface area contributed by atoms with Crippen LogP contribution in [0, 0.1) is 13.8 Å². The minimum atomic E-state index is -0.380. The van der Waals surface area contributed by atoms with Crippen molar-refractivity contribution in [2.24, 2.45) is 0 Å². The van der Waals surface area contributed by atoms with Crippen LogP contribution < -0.4 is 9.80 Å². The van der Waals surface area contributed by atoms with Crippen LogP contribution in [0.4, 0.5) is 16.2 Å². The van der Waals surface area contributed by atoms with Gasteiger partial charge >= 0.3 is 6.09 Å². The number of carbonyl (C=O) groups excluding carboxylic acids is 2. The summed E-state index contributed by atoms with van der Waals surface area (Å²) in [4.78, 5) is 29.8. The number of nitrogens with zero attached hydrogens (tertiary/aromatic N) is 2. The lowest BCUT2D eigenvalue weighted by Crippen LogP contribution is -2.53. The van der Waals surface area contributed by atoms with Crippen molar-refractivity contribution in [3.8, 4) is 0 Å². The highest BCUT2D eigenvalue weighted by Crippen LogP contribution is 2.40. The molecule has 0 spiro atoms. The Morgan fingerprint density at radius 1 is 1.22 bits per heavy atom. The molecule has 1 aromatic carbocycles. The van der Waals surface area contributed by atoms with Crippen LogP contribution in [0.15, 0.2) is 23.6 Å². The third-order valence-electron chi connectivity index (χ3n) is 4.89. The molecule has 0 N–H and O–H groups in total. The van der Waals surface area contributed by atoms with E-state index in [1.807, 2.05) is 38.3 Å². The monoisotopic (exact) mass is 406 g/mol. The first-order valence-electron chi connectivity index (χ1n) is 9.01. The van der Waals surface area contributed by atoms with Gasteiger partial charge in [-0.1, -0.05) is 18.5 Å². The quantitative estimate of drug-likeness (QED) is 0.683. The van der Waals surface area contributed by atoms with E-state index in [4.69, 9.17) is 16.3 Å². The number of hydrogen-bond donors (Lipinski definition) is 0. The summed E-state index contributed by atoms with van der Waals surface area (Å²) in [5, 5.41) is 2.26. The van der Waals surface area contributed by atoms with Gasteiger partial charge in [0, 0.05) is 6.54 Å². The zero-order valence-electron chi connectivity index (χ0n) is 15.9. The molecule has 1 aliphatic rings. The maximum Gasteiger partial charge on any atom is 0.414 e. The molecule has 1 aliphatic heterocycles. The van der Waals surface area contributed by atoms with Gasteiger partial charge in [-0.2, -0.15) is 0 Å². The number of halogens is 1. The van der Waals surface area contributed by atoms with Crippen molar-refractivity contribution in [1.82, 2.24) is 0 Å². The van der Waals surface area contributed by atoms with Crippen molar-refractivity contribution in [3.05, 3.63) is 44.6 Å². The van der Waals surface area contributed by atoms with Crippen molar-refractivity contribution in [2.75, 3.05) is 23.0 Å². The van der Waals surface area contributed by atoms with Crippen LogP contribution >= 0.6 is 22.9 Å². The average Bonchev–Trinajstić information content (AvgIpc) is 3.07. The summed E-state index contributed by atoms with van der Waals surface area (Å²) in [5.74, 6) is -0.138. The molecule has 0 saturated heterocycles.